The van der Waals surface area contributed by atoms with Gasteiger partial charge in [-0.3, -0.25) is 0 Å². The smallest absolute Gasteiger partial charge is 0.189 e. The predicted molar refractivity (Wildman–Crippen MR) is 64.0 cm³/mol. The van der Waals surface area contributed by atoms with Gasteiger partial charge >= 0.3 is 0 Å². The molecule has 1 fully saturated rings. The van der Waals surface area contributed by atoms with Gasteiger partial charge in [0.1, 0.15) is 6.10 Å². The lowest BCUT2D eigenvalue weighted by atomic mass is 9.79. The summed E-state index contributed by atoms with van der Waals surface area (Å²) in [7, 11) is 0. The minimum absolute atomic E-state index is 0.0962. The third-order valence-electron chi connectivity index (χ3n) is 3.53. The molecule has 90 valence electrons. The molecule has 1 aromatic rings. The van der Waals surface area contributed by atoms with Crippen LogP contribution in [0.2, 0.25) is 0 Å². The zero-order valence-corrected chi connectivity index (χ0v) is 10.3. The van der Waals surface area contributed by atoms with Crippen molar-refractivity contribution in [3.05, 3.63) is 41.5 Å². The van der Waals surface area contributed by atoms with Gasteiger partial charge in [0.25, 0.3) is 0 Å². The van der Waals surface area contributed by atoms with Crippen molar-refractivity contribution in [1.82, 2.24) is 0 Å². The van der Waals surface area contributed by atoms with E-state index in [1.807, 2.05) is 26.0 Å². The summed E-state index contributed by atoms with van der Waals surface area (Å²) in [6.07, 6.45) is 1.69. The molecule has 1 saturated heterocycles. The molecule has 17 heavy (non-hydrogen) atoms. The van der Waals surface area contributed by atoms with Gasteiger partial charge in [-0.25, -0.2) is 9.78 Å². The van der Waals surface area contributed by atoms with Crippen molar-refractivity contribution in [2.24, 2.45) is 0 Å². The Bertz CT molecular complexity index is 480. The molecule has 1 aliphatic carbocycles. The molecule has 0 saturated carbocycles. The first-order chi connectivity index (χ1) is 8.11. The second-order valence-electron chi connectivity index (χ2n) is 4.81. The molecular weight excluding hydrogens is 216 g/mol. The fraction of sp³-hybridized carbons (Fsp3) is 0.429. The third kappa shape index (κ3) is 1.54. The Morgan fingerprint density at radius 1 is 1.24 bits per heavy atom. The summed E-state index contributed by atoms with van der Waals surface area (Å²) in [4.78, 5) is 10.8. The summed E-state index contributed by atoms with van der Waals surface area (Å²) in [5.41, 5.74) is 2.99. The fourth-order valence-corrected chi connectivity index (χ4v) is 2.55. The highest BCUT2D eigenvalue weighted by molar-refractivity contribution is 5.71. The van der Waals surface area contributed by atoms with Crippen LogP contribution in [0.25, 0.3) is 5.57 Å². The summed E-state index contributed by atoms with van der Waals surface area (Å²) in [5.74, 6) is 0. The Balaban J connectivity index is 2.14. The SMILES string of the molecule is CC1=C[C@@H]2OC(C)OO[C@]2(C)c2ccccc21. The number of hydrogen-bond acceptors (Lipinski definition) is 3. The molecule has 0 N–H and O–H groups in total. The Kier molecular flexibility index (Phi) is 2.36. The maximum atomic E-state index is 5.80. The second kappa shape index (κ2) is 3.67. The molecule has 2 aliphatic rings. The molecule has 1 aromatic carbocycles. The minimum Gasteiger partial charge on any atom is -0.339 e. The topological polar surface area (TPSA) is 27.7 Å². The lowest BCUT2D eigenvalue weighted by Crippen LogP contribution is -2.49. The van der Waals surface area contributed by atoms with Crippen molar-refractivity contribution >= 4 is 5.57 Å². The zero-order valence-electron chi connectivity index (χ0n) is 10.3. The summed E-state index contributed by atoms with van der Waals surface area (Å²) >= 11 is 0. The maximum Gasteiger partial charge on any atom is 0.189 e. The highest BCUT2D eigenvalue weighted by atomic mass is 17.2. The maximum absolute atomic E-state index is 5.80. The summed E-state index contributed by atoms with van der Waals surface area (Å²) < 4.78 is 5.80. The van der Waals surface area contributed by atoms with Crippen molar-refractivity contribution in [2.75, 3.05) is 0 Å². The van der Waals surface area contributed by atoms with Crippen molar-refractivity contribution in [3.8, 4) is 0 Å². The van der Waals surface area contributed by atoms with Gasteiger partial charge < -0.3 is 4.74 Å². The first-order valence-electron chi connectivity index (χ1n) is 5.89. The highest BCUT2D eigenvalue weighted by Gasteiger charge is 2.46. The van der Waals surface area contributed by atoms with E-state index in [-0.39, 0.29) is 12.4 Å². The van der Waals surface area contributed by atoms with Crippen LogP contribution in [0.3, 0.4) is 0 Å². The van der Waals surface area contributed by atoms with E-state index in [9.17, 15) is 0 Å². The highest BCUT2D eigenvalue weighted by Crippen LogP contribution is 2.44. The summed E-state index contributed by atoms with van der Waals surface area (Å²) in [5, 5.41) is 0. The van der Waals surface area contributed by atoms with Crippen LogP contribution in [-0.4, -0.2) is 12.4 Å². The Labute approximate surface area is 101 Å². The number of hydrogen-bond donors (Lipinski definition) is 0. The first kappa shape index (κ1) is 11.0. The third-order valence-corrected chi connectivity index (χ3v) is 3.53. The summed E-state index contributed by atoms with van der Waals surface area (Å²) in [6.45, 7) is 5.94. The normalized spacial score (nSPS) is 35.8. The Hall–Kier alpha value is -1.16. The van der Waals surface area contributed by atoms with Crippen molar-refractivity contribution in [1.29, 1.82) is 0 Å². The van der Waals surface area contributed by atoms with E-state index >= 15 is 0 Å². The van der Waals surface area contributed by atoms with Crippen LogP contribution >= 0.6 is 0 Å². The van der Waals surface area contributed by atoms with Gasteiger partial charge in [-0.05, 0) is 43.5 Å². The first-order valence-corrected chi connectivity index (χ1v) is 5.89. The van der Waals surface area contributed by atoms with E-state index in [0.29, 0.717) is 0 Å². The molecule has 0 amide bonds. The van der Waals surface area contributed by atoms with Crippen molar-refractivity contribution in [3.63, 3.8) is 0 Å². The van der Waals surface area contributed by atoms with E-state index in [4.69, 9.17) is 14.5 Å². The van der Waals surface area contributed by atoms with Crippen LogP contribution in [0, 0.1) is 0 Å². The number of fused-ring (bicyclic) bond motifs is 3. The van der Waals surface area contributed by atoms with E-state index in [1.165, 1.54) is 11.1 Å². The monoisotopic (exact) mass is 232 g/mol. The average Bonchev–Trinajstić information content (AvgIpc) is 2.33. The van der Waals surface area contributed by atoms with Gasteiger partial charge in [0, 0.05) is 0 Å². The van der Waals surface area contributed by atoms with Crippen LogP contribution in [0.1, 0.15) is 31.9 Å². The molecule has 1 heterocycles. The summed E-state index contributed by atoms with van der Waals surface area (Å²) in [6, 6.07) is 8.22. The van der Waals surface area contributed by atoms with E-state index < -0.39 is 5.60 Å². The van der Waals surface area contributed by atoms with Crippen LogP contribution in [0.4, 0.5) is 0 Å². The predicted octanol–water partition coefficient (Wildman–Crippen LogP) is 3.01. The fourth-order valence-electron chi connectivity index (χ4n) is 2.55. The Morgan fingerprint density at radius 3 is 2.82 bits per heavy atom. The molecule has 0 spiro atoms. The van der Waals surface area contributed by atoms with E-state index in [2.05, 4.69) is 25.1 Å². The number of rotatable bonds is 0. The van der Waals surface area contributed by atoms with E-state index in [0.717, 1.165) is 5.56 Å². The van der Waals surface area contributed by atoms with Crippen LogP contribution in [0.5, 0.6) is 0 Å². The second-order valence-corrected chi connectivity index (χ2v) is 4.81. The molecule has 0 radical (unpaired) electrons. The van der Waals surface area contributed by atoms with Crippen molar-refractivity contribution in [2.45, 2.75) is 38.8 Å². The molecule has 3 nitrogen and oxygen atoms in total. The zero-order chi connectivity index (χ0) is 12.0. The van der Waals surface area contributed by atoms with Gasteiger partial charge in [-0.2, -0.15) is 0 Å². The molecule has 1 unspecified atom stereocenters. The number of benzene rings is 1. The van der Waals surface area contributed by atoms with Crippen LogP contribution < -0.4 is 0 Å². The quantitative estimate of drug-likeness (QED) is 0.643. The van der Waals surface area contributed by atoms with Crippen LogP contribution in [0.15, 0.2) is 30.3 Å². The molecule has 0 bridgehead atoms. The average molecular weight is 232 g/mol. The lowest BCUT2D eigenvalue weighted by Gasteiger charge is -2.44. The standard InChI is InChI=1S/C14H16O3/c1-9-8-13-14(3,17-16-10(2)15-13)12-7-5-4-6-11(9)12/h4-8,10,13H,1-3H3/t10?,13-,14+/m0/s1. The molecule has 1 aliphatic heterocycles. The molecule has 3 rings (SSSR count). The molecule has 0 aromatic heterocycles. The number of ether oxygens (including phenoxy) is 1. The van der Waals surface area contributed by atoms with Gasteiger partial charge in [0.15, 0.2) is 11.9 Å². The minimum atomic E-state index is -0.553. The van der Waals surface area contributed by atoms with Gasteiger partial charge in [-0.15, -0.1) is 0 Å². The van der Waals surface area contributed by atoms with E-state index in [1.54, 1.807) is 0 Å². The molecular formula is C14H16O3. The van der Waals surface area contributed by atoms with Gasteiger partial charge in [0.05, 0.1) is 0 Å². The Morgan fingerprint density at radius 2 is 2.00 bits per heavy atom. The molecule has 3 heteroatoms. The largest absolute Gasteiger partial charge is 0.339 e. The van der Waals surface area contributed by atoms with Gasteiger partial charge in [-0.1, -0.05) is 24.3 Å². The number of allylic oxidation sites excluding steroid dienone is 1. The van der Waals surface area contributed by atoms with Crippen LogP contribution in [-0.2, 0) is 20.1 Å². The van der Waals surface area contributed by atoms with Gasteiger partial charge in [0.2, 0.25) is 0 Å². The molecule has 3 atom stereocenters. The lowest BCUT2D eigenvalue weighted by molar-refractivity contribution is -0.481. The van der Waals surface area contributed by atoms with Crippen molar-refractivity contribution < 1.29 is 14.5 Å².